The molecule has 1 heterocycles. The standard InChI is InChI=1S/C8H11ClFN3/c1-13-6(4-12-7(13)9)8(10)2-5(11)3-8/h4-5H,2-3,11H2,1H3. The highest BCUT2D eigenvalue weighted by atomic mass is 35.5. The minimum Gasteiger partial charge on any atom is -0.327 e. The molecule has 2 rings (SSSR count). The Hall–Kier alpha value is -0.610. The highest BCUT2D eigenvalue weighted by Crippen LogP contribution is 2.44. The topological polar surface area (TPSA) is 43.8 Å². The zero-order chi connectivity index (χ0) is 9.64. The van der Waals surface area contributed by atoms with Gasteiger partial charge in [0, 0.05) is 25.9 Å². The van der Waals surface area contributed by atoms with Gasteiger partial charge in [0.05, 0.1) is 11.9 Å². The van der Waals surface area contributed by atoms with Crippen molar-refractivity contribution in [3.8, 4) is 0 Å². The molecular weight excluding hydrogens is 193 g/mol. The maximum Gasteiger partial charge on any atom is 0.202 e. The molecule has 72 valence electrons. The first-order valence-corrected chi connectivity index (χ1v) is 4.53. The van der Waals surface area contributed by atoms with E-state index in [1.165, 1.54) is 6.20 Å². The number of aromatic nitrogens is 2. The fourth-order valence-electron chi connectivity index (χ4n) is 1.78. The molecule has 2 N–H and O–H groups in total. The highest BCUT2D eigenvalue weighted by Gasteiger charge is 2.46. The molecule has 0 bridgehead atoms. The molecule has 0 aliphatic heterocycles. The van der Waals surface area contributed by atoms with Crippen LogP contribution in [0.2, 0.25) is 5.28 Å². The molecular formula is C8H11ClFN3. The van der Waals surface area contributed by atoms with Gasteiger partial charge in [-0.2, -0.15) is 0 Å². The lowest BCUT2D eigenvalue weighted by Gasteiger charge is -2.39. The van der Waals surface area contributed by atoms with Gasteiger partial charge in [-0.3, -0.25) is 0 Å². The van der Waals surface area contributed by atoms with Gasteiger partial charge < -0.3 is 10.3 Å². The lowest BCUT2D eigenvalue weighted by atomic mass is 9.76. The summed E-state index contributed by atoms with van der Waals surface area (Å²) in [6, 6.07) is -0.0290. The average Bonchev–Trinajstić information content (AvgIpc) is 2.30. The van der Waals surface area contributed by atoms with Crippen LogP contribution < -0.4 is 5.73 Å². The van der Waals surface area contributed by atoms with Gasteiger partial charge in [-0.05, 0) is 11.6 Å². The predicted octanol–water partition coefficient (Wildman–Crippen LogP) is 1.36. The van der Waals surface area contributed by atoms with E-state index in [4.69, 9.17) is 17.3 Å². The predicted molar refractivity (Wildman–Crippen MR) is 48.2 cm³/mol. The summed E-state index contributed by atoms with van der Waals surface area (Å²) in [7, 11) is 1.70. The summed E-state index contributed by atoms with van der Waals surface area (Å²) in [4.78, 5) is 3.84. The molecule has 3 nitrogen and oxygen atoms in total. The lowest BCUT2D eigenvalue weighted by molar-refractivity contribution is 0.0331. The summed E-state index contributed by atoms with van der Waals surface area (Å²) in [6.45, 7) is 0. The van der Waals surface area contributed by atoms with Crippen LogP contribution in [0, 0.1) is 0 Å². The summed E-state index contributed by atoms with van der Waals surface area (Å²) in [6.07, 6.45) is 2.21. The van der Waals surface area contributed by atoms with Gasteiger partial charge in [-0.1, -0.05) is 0 Å². The van der Waals surface area contributed by atoms with E-state index in [0.29, 0.717) is 23.8 Å². The van der Waals surface area contributed by atoms with Crippen molar-refractivity contribution in [2.45, 2.75) is 24.6 Å². The number of nitrogens with zero attached hydrogens (tertiary/aromatic N) is 2. The van der Waals surface area contributed by atoms with Crippen molar-refractivity contribution in [3.05, 3.63) is 17.2 Å². The van der Waals surface area contributed by atoms with Gasteiger partial charge in [0.15, 0.2) is 5.67 Å². The SMILES string of the molecule is Cn1c(C2(F)CC(N)C2)cnc1Cl. The highest BCUT2D eigenvalue weighted by molar-refractivity contribution is 6.28. The van der Waals surface area contributed by atoms with Crippen LogP contribution in [0.5, 0.6) is 0 Å². The molecule has 0 aromatic carbocycles. The van der Waals surface area contributed by atoms with Gasteiger partial charge in [0.25, 0.3) is 0 Å². The maximum absolute atomic E-state index is 14.0. The second kappa shape index (κ2) is 2.69. The van der Waals surface area contributed by atoms with E-state index in [1.54, 1.807) is 11.6 Å². The average molecular weight is 204 g/mol. The van der Waals surface area contributed by atoms with Gasteiger partial charge in [0.1, 0.15) is 0 Å². The van der Waals surface area contributed by atoms with E-state index in [-0.39, 0.29) is 6.04 Å². The van der Waals surface area contributed by atoms with Crippen LogP contribution in [0.4, 0.5) is 4.39 Å². The molecule has 1 aromatic heterocycles. The largest absolute Gasteiger partial charge is 0.327 e. The minimum atomic E-state index is -1.31. The molecule has 13 heavy (non-hydrogen) atoms. The summed E-state index contributed by atoms with van der Waals surface area (Å²) >= 11 is 5.71. The van der Waals surface area contributed by atoms with Crippen molar-refractivity contribution in [1.29, 1.82) is 0 Å². The van der Waals surface area contributed by atoms with Gasteiger partial charge in [-0.25, -0.2) is 9.37 Å². The number of nitrogens with two attached hydrogens (primary N) is 1. The fourth-order valence-corrected chi connectivity index (χ4v) is 1.92. The lowest BCUT2D eigenvalue weighted by Crippen LogP contribution is -2.47. The maximum atomic E-state index is 14.0. The van der Waals surface area contributed by atoms with E-state index in [2.05, 4.69) is 4.98 Å². The van der Waals surface area contributed by atoms with Crippen molar-refractivity contribution in [2.24, 2.45) is 12.8 Å². The van der Waals surface area contributed by atoms with Crippen molar-refractivity contribution in [1.82, 2.24) is 9.55 Å². The normalized spacial score (nSPS) is 33.1. The van der Waals surface area contributed by atoms with Gasteiger partial charge in [-0.15, -0.1) is 0 Å². The van der Waals surface area contributed by atoms with Crippen LogP contribution in [0.3, 0.4) is 0 Å². The molecule has 0 amide bonds. The van der Waals surface area contributed by atoms with E-state index in [0.717, 1.165) is 0 Å². The molecule has 0 unspecified atom stereocenters. The zero-order valence-corrected chi connectivity index (χ0v) is 8.05. The Morgan fingerprint density at radius 2 is 2.38 bits per heavy atom. The molecule has 0 spiro atoms. The second-order valence-corrected chi connectivity index (χ2v) is 3.94. The van der Waals surface area contributed by atoms with Crippen LogP contribution in [0.1, 0.15) is 18.5 Å². The van der Waals surface area contributed by atoms with Crippen molar-refractivity contribution >= 4 is 11.6 Å². The number of imidazole rings is 1. The Morgan fingerprint density at radius 1 is 1.77 bits per heavy atom. The quantitative estimate of drug-likeness (QED) is 0.749. The number of rotatable bonds is 1. The Balaban J connectivity index is 2.31. The fraction of sp³-hybridized carbons (Fsp3) is 0.625. The van der Waals surface area contributed by atoms with Crippen LogP contribution in [-0.2, 0) is 12.7 Å². The number of hydrogen-bond donors (Lipinski definition) is 1. The Morgan fingerprint density at radius 3 is 2.77 bits per heavy atom. The van der Waals surface area contributed by atoms with Crippen LogP contribution >= 0.6 is 11.6 Å². The van der Waals surface area contributed by atoms with Crippen LogP contribution in [0.25, 0.3) is 0 Å². The third kappa shape index (κ3) is 1.25. The Labute approximate surface area is 80.7 Å². The smallest absolute Gasteiger partial charge is 0.202 e. The number of hydrogen-bond acceptors (Lipinski definition) is 2. The first-order valence-electron chi connectivity index (χ1n) is 4.15. The molecule has 1 aliphatic carbocycles. The third-order valence-electron chi connectivity index (χ3n) is 2.56. The number of halogens is 2. The van der Waals surface area contributed by atoms with Gasteiger partial charge in [0.2, 0.25) is 5.28 Å². The summed E-state index contributed by atoms with van der Waals surface area (Å²) in [5.74, 6) is 0. The summed E-state index contributed by atoms with van der Waals surface area (Å²) < 4.78 is 15.5. The molecule has 5 heteroatoms. The molecule has 1 saturated carbocycles. The van der Waals surface area contributed by atoms with Crippen molar-refractivity contribution < 1.29 is 4.39 Å². The molecule has 0 atom stereocenters. The van der Waals surface area contributed by atoms with Gasteiger partial charge >= 0.3 is 0 Å². The first-order chi connectivity index (χ1) is 6.03. The Kier molecular flexibility index (Phi) is 1.85. The molecule has 1 fully saturated rings. The summed E-state index contributed by atoms with van der Waals surface area (Å²) in [5, 5.41) is 0.312. The summed E-state index contributed by atoms with van der Waals surface area (Å²) in [5.41, 5.74) is 4.76. The van der Waals surface area contributed by atoms with E-state index >= 15 is 0 Å². The molecule has 1 aromatic rings. The second-order valence-electron chi connectivity index (χ2n) is 3.61. The zero-order valence-electron chi connectivity index (χ0n) is 7.30. The first kappa shape index (κ1) is 8.97. The van der Waals surface area contributed by atoms with E-state index < -0.39 is 5.67 Å². The third-order valence-corrected chi connectivity index (χ3v) is 2.91. The molecule has 0 radical (unpaired) electrons. The number of alkyl halides is 1. The van der Waals surface area contributed by atoms with E-state index in [1.807, 2.05) is 0 Å². The monoisotopic (exact) mass is 203 g/mol. The Bertz CT molecular complexity index is 330. The minimum absolute atomic E-state index is 0.0290. The molecule has 1 aliphatic rings. The van der Waals surface area contributed by atoms with Crippen molar-refractivity contribution in [3.63, 3.8) is 0 Å². The van der Waals surface area contributed by atoms with E-state index in [9.17, 15) is 4.39 Å². The van der Waals surface area contributed by atoms with Crippen molar-refractivity contribution in [2.75, 3.05) is 0 Å². The van der Waals surface area contributed by atoms with Crippen LogP contribution in [-0.4, -0.2) is 15.6 Å². The molecule has 0 saturated heterocycles. The van der Waals surface area contributed by atoms with Crippen LogP contribution in [0.15, 0.2) is 6.20 Å².